The van der Waals surface area contributed by atoms with Crippen molar-refractivity contribution in [2.24, 2.45) is 17.6 Å². The van der Waals surface area contributed by atoms with Crippen LogP contribution in [-0.2, 0) is 6.42 Å². The van der Waals surface area contributed by atoms with Gasteiger partial charge in [-0.15, -0.1) is 0 Å². The summed E-state index contributed by atoms with van der Waals surface area (Å²) in [6.07, 6.45) is 5.66. The first-order valence-electron chi connectivity index (χ1n) is 8.76. The van der Waals surface area contributed by atoms with E-state index < -0.39 is 0 Å². The first-order chi connectivity index (χ1) is 12.7. The van der Waals surface area contributed by atoms with Gasteiger partial charge >= 0.3 is 0 Å². The molecule has 134 valence electrons. The van der Waals surface area contributed by atoms with E-state index in [-0.39, 0.29) is 0 Å². The smallest absolute Gasteiger partial charge is 0.231 e. The highest BCUT2D eigenvalue weighted by Crippen LogP contribution is 2.47. The number of hydrogen-bond donors (Lipinski definition) is 3. The lowest BCUT2D eigenvalue weighted by Gasteiger charge is -2.21. The van der Waals surface area contributed by atoms with Gasteiger partial charge in [-0.05, 0) is 18.3 Å². The Labute approximate surface area is 155 Å². The van der Waals surface area contributed by atoms with Gasteiger partial charge < -0.3 is 20.9 Å². The predicted molar refractivity (Wildman–Crippen MR) is 101 cm³/mol. The van der Waals surface area contributed by atoms with Gasteiger partial charge in [0.05, 0.1) is 28.5 Å². The molecule has 1 aliphatic heterocycles. The van der Waals surface area contributed by atoms with Crippen molar-refractivity contribution in [3.63, 3.8) is 0 Å². The SMILES string of the molecule is CCc1[nH]c2nc(Nc3cncnc3)nc(N3CC4C(N)C4C3)c2c1Cl. The van der Waals surface area contributed by atoms with Crippen LogP contribution < -0.4 is 16.0 Å². The standard InChI is InChI=1S/C17H19ClN8/c1-2-11-13(18)12-15(23-11)24-17(22-8-3-20-7-21-4-8)25-16(12)26-5-9-10(6-26)14(9)19/h3-4,7,9-10,14H,2,5-6,19H2,1H3,(H2,22,23,24,25). The van der Waals surface area contributed by atoms with E-state index in [0.717, 1.165) is 47.7 Å². The number of nitrogens with zero attached hydrogens (tertiary/aromatic N) is 5. The minimum Gasteiger partial charge on any atom is -0.355 e. The van der Waals surface area contributed by atoms with Crippen molar-refractivity contribution in [3.8, 4) is 0 Å². The van der Waals surface area contributed by atoms with Crippen LogP contribution in [0.4, 0.5) is 17.5 Å². The Morgan fingerprint density at radius 3 is 2.69 bits per heavy atom. The molecule has 4 heterocycles. The number of aryl methyl sites for hydroxylation is 1. The number of H-pyrrole nitrogens is 1. The van der Waals surface area contributed by atoms with Gasteiger partial charge in [-0.1, -0.05) is 18.5 Å². The van der Waals surface area contributed by atoms with Crippen molar-refractivity contribution in [1.82, 2.24) is 24.9 Å². The Morgan fingerprint density at radius 1 is 1.27 bits per heavy atom. The van der Waals surface area contributed by atoms with E-state index in [4.69, 9.17) is 22.3 Å². The Hall–Kier alpha value is -2.45. The average molecular weight is 371 g/mol. The second kappa shape index (κ2) is 5.78. The number of piperidine rings is 1. The quantitative estimate of drug-likeness (QED) is 0.645. The third-order valence-electron chi connectivity index (χ3n) is 5.37. The topological polar surface area (TPSA) is 109 Å². The molecule has 2 atom stereocenters. The van der Waals surface area contributed by atoms with Crippen molar-refractivity contribution in [2.75, 3.05) is 23.3 Å². The van der Waals surface area contributed by atoms with E-state index in [1.807, 2.05) is 0 Å². The van der Waals surface area contributed by atoms with Crippen LogP contribution in [0.3, 0.4) is 0 Å². The Kier molecular flexibility index (Phi) is 3.51. The Morgan fingerprint density at radius 2 is 2.00 bits per heavy atom. The van der Waals surface area contributed by atoms with Crippen molar-refractivity contribution >= 4 is 40.1 Å². The number of nitrogens with two attached hydrogens (primary N) is 1. The second-order valence-corrected chi connectivity index (χ2v) is 7.31. The molecule has 0 radical (unpaired) electrons. The van der Waals surface area contributed by atoms with Crippen LogP contribution in [-0.4, -0.2) is 44.1 Å². The number of nitrogens with one attached hydrogen (secondary N) is 2. The number of halogens is 1. The largest absolute Gasteiger partial charge is 0.355 e. The molecule has 1 saturated carbocycles. The zero-order chi connectivity index (χ0) is 17.8. The highest BCUT2D eigenvalue weighted by molar-refractivity contribution is 6.37. The summed E-state index contributed by atoms with van der Waals surface area (Å²) < 4.78 is 0. The van der Waals surface area contributed by atoms with Crippen LogP contribution in [0.15, 0.2) is 18.7 Å². The number of fused-ring (bicyclic) bond motifs is 2. The molecule has 9 heteroatoms. The van der Waals surface area contributed by atoms with E-state index >= 15 is 0 Å². The third-order valence-corrected chi connectivity index (χ3v) is 5.79. The molecule has 3 aromatic heterocycles. The number of anilines is 3. The summed E-state index contributed by atoms with van der Waals surface area (Å²) in [5.41, 5.74) is 8.54. The molecule has 0 aromatic carbocycles. The molecule has 2 fully saturated rings. The lowest BCUT2D eigenvalue weighted by molar-refractivity contribution is 0.737. The van der Waals surface area contributed by atoms with Crippen LogP contribution >= 0.6 is 11.6 Å². The van der Waals surface area contributed by atoms with E-state index in [2.05, 4.69) is 37.1 Å². The number of hydrogen-bond acceptors (Lipinski definition) is 7. The molecular formula is C17H19ClN8. The zero-order valence-corrected chi connectivity index (χ0v) is 15.0. The van der Waals surface area contributed by atoms with Crippen LogP contribution in [0, 0.1) is 11.8 Å². The molecule has 4 N–H and O–H groups in total. The van der Waals surface area contributed by atoms with Crippen molar-refractivity contribution in [2.45, 2.75) is 19.4 Å². The van der Waals surface area contributed by atoms with Gasteiger partial charge in [-0.25, -0.2) is 9.97 Å². The number of rotatable bonds is 4. The average Bonchev–Trinajstić information content (AvgIpc) is 3.02. The lowest BCUT2D eigenvalue weighted by atomic mass is 10.2. The molecule has 26 heavy (non-hydrogen) atoms. The fourth-order valence-corrected chi connectivity index (χ4v) is 4.21. The van der Waals surface area contributed by atoms with Gasteiger partial charge in [0.2, 0.25) is 5.95 Å². The minimum absolute atomic E-state index is 0.329. The monoisotopic (exact) mass is 370 g/mol. The number of aromatic nitrogens is 5. The molecule has 0 amide bonds. The number of aromatic amines is 1. The zero-order valence-electron chi connectivity index (χ0n) is 14.3. The summed E-state index contributed by atoms with van der Waals surface area (Å²) in [7, 11) is 0. The third kappa shape index (κ3) is 2.40. The highest BCUT2D eigenvalue weighted by atomic mass is 35.5. The molecule has 0 spiro atoms. The van der Waals surface area contributed by atoms with Crippen molar-refractivity contribution in [1.29, 1.82) is 0 Å². The first kappa shape index (κ1) is 15.8. The summed E-state index contributed by atoms with van der Waals surface area (Å²) in [5.74, 6) is 2.46. The molecule has 2 unspecified atom stereocenters. The molecule has 1 saturated heterocycles. The van der Waals surface area contributed by atoms with Gasteiger partial charge in [0.25, 0.3) is 0 Å². The molecule has 5 rings (SSSR count). The summed E-state index contributed by atoms with van der Waals surface area (Å²) in [6.45, 7) is 3.89. The summed E-state index contributed by atoms with van der Waals surface area (Å²) in [4.78, 5) is 23.0. The summed E-state index contributed by atoms with van der Waals surface area (Å²) in [5, 5.41) is 4.76. The normalized spacial score (nSPS) is 24.1. The molecule has 2 aliphatic rings. The predicted octanol–water partition coefficient (Wildman–Crippen LogP) is 2.10. The molecule has 8 nitrogen and oxygen atoms in total. The van der Waals surface area contributed by atoms with Crippen LogP contribution in [0.2, 0.25) is 5.02 Å². The molecule has 0 bridgehead atoms. The highest BCUT2D eigenvalue weighted by Gasteiger charge is 2.54. The van der Waals surface area contributed by atoms with E-state index in [1.165, 1.54) is 6.33 Å². The fraction of sp³-hybridized carbons (Fsp3) is 0.412. The molecule has 3 aromatic rings. The lowest BCUT2D eigenvalue weighted by Crippen LogP contribution is -2.29. The Balaban J connectivity index is 1.59. The second-order valence-electron chi connectivity index (χ2n) is 6.93. The van der Waals surface area contributed by atoms with Gasteiger partial charge in [0, 0.05) is 24.8 Å². The summed E-state index contributed by atoms with van der Waals surface area (Å²) >= 11 is 6.63. The maximum Gasteiger partial charge on any atom is 0.231 e. The van der Waals surface area contributed by atoms with Gasteiger partial charge in [0.15, 0.2) is 0 Å². The van der Waals surface area contributed by atoms with E-state index in [9.17, 15) is 0 Å². The van der Waals surface area contributed by atoms with E-state index in [0.29, 0.717) is 28.8 Å². The van der Waals surface area contributed by atoms with Crippen LogP contribution in [0.5, 0.6) is 0 Å². The van der Waals surface area contributed by atoms with Crippen molar-refractivity contribution in [3.05, 3.63) is 29.4 Å². The van der Waals surface area contributed by atoms with Crippen molar-refractivity contribution < 1.29 is 0 Å². The maximum atomic E-state index is 6.63. The minimum atomic E-state index is 0.329. The van der Waals surface area contributed by atoms with E-state index in [1.54, 1.807) is 12.4 Å². The first-order valence-corrected chi connectivity index (χ1v) is 9.14. The van der Waals surface area contributed by atoms with Gasteiger partial charge in [-0.2, -0.15) is 9.97 Å². The Bertz CT molecular complexity index is 960. The van der Waals surface area contributed by atoms with Gasteiger partial charge in [0.1, 0.15) is 17.8 Å². The summed E-state index contributed by atoms with van der Waals surface area (Å²) in [6, 6.07) is 0.329. The van der Waals surface area contributed by atoms with Gasteiger partial charge in [-0.3, -0.25) is 0 Å². The maximum absolute atomic E-state index is 6.63. The molecular weight excluding hydrogens is 352 g/mol. The van der Waals surface area contributed by atoms with Crippen LogP contribution in [0.1, 0.15) is 12.6 Å². The fourth-order valence-electron chi connectivity index (χ4n) is 3.86. The van der Waals surface area contributed by atoms with Crippen LogP contribution in [0.25, 0.3) is 11.0 Å². The molecule has 1 aliphatic carbocycles.